The molecule has 7 heteroatoms. The van der Waals surface area contributed by atoms with Crippen LogP contribution < -0.4 is 4.74 Å². The van der Waals surface area contributed by atoms with E-state index in [1.165, 1.54) is 43.5 Å². The van der Waals surface area contributed by atoms with Gasteiger partial charge in [0, 0.05) is 11.8 Å². The number of benzene rings is 2. The predicted molar refractivity (Wildman–Crippen MR) is 87.3 cm³/mol. The van der Waals surface area contributed by atoms with Gasteiger partial charge in [-0.2, -0.15) is 0 Å². The normalized spacial score (nSPS) is 12.4. The summed E-state index contributed by atoms with van der Waals surface area (Å²) in [4.78, 5) is 24.2. The van der Waals surface area contributed by atoms with E-state index in [-0.39, 0.29) is 10.5 Å². The summed E-state index contributed by atoms with van der Waals surface area (Å²) in [6.45, 7) is 0. The van der Waals surface area contributed by atoms with Gasteiger partial charge >= 0.3 is 5.97 Å². The van der Waals surface area contributed by atoms with E-state index in [0.29, 0.717) is 11.3 Å². The molecular formula is C17H16O6S. The summed E-state index contributed by atoms with van der Waals surface area (Å²) >= 11 is 0. The van der Waals surface area contributed by atoms with E-state index < -0.39 is 27.5 Å². The molecule has 126 valence electrons. The molecule has 0 aliphatic carbocycles. The molecule has 0 saturated heterocycles. The lowest BCUT2D eigenvalue weighted by Gasteiger charge is -2.13. The largest absolute Gasteiger partial charge is 0.497 e. The van der Waals surface area contributed by atoms with Crippen molar-refractivity contribution >= 4 is 21.6 Å². The Labute approximate surface area is 139 Å². The quantitative estimate of drug-likeness (QED) is 0.634. The number of Topliss-reactive ketones (excluding diaryl/α,β-unsaturated/α-hetero) is 1. The first-order valence-electron chi connectivity index (χ1n) is 6.95. The molecule has 1 N–H and O–H groups in total. The molecule has 0 bridgehead atoms. The number of methoxy groups -OCH3 is 1. The standard InChI is InChI=1S/C17H16O6S/c1-23-13-7-3-11(4-8-13)15(17(19)20)16(18)12-5-9-14(10-6-12)24(2,21)22/h3-10,15H,1-2H3,(H,19,20). The van der Waals surface area contributed by atoms with Gasteiger partial charge in [-0.05, 0) is 29.8 Å². The minimum absolute atomic E-state index is 0.0652. The topological polar surface area (TPSA) is 97.7 Å². The highest BCUT2D eigenvalue weighted by Gasteiger charge is 2.29. The van der Waals surface area contributed by atoms with Gasteiger partial charge in [-0.1, -0.05) is 24.3 Å². The van der Waals surface area contributed by atoms with Crippen LogP contribution in [-0.2, 0) is 14.6 Å². The smallest absolute Gasteiger partial charge is 0.318 e. The minimum Gasteiger partial charge on any atom is -0.497 e. The molecule has 2 rings (SSSR count). The van der Waals surface area contributed by atoms with Crippen LogP contribution in [0.3, 0.4) is 0 Å². The Morgan fingerprint density at radius 1 is 1.00 bits per heavy atom. The van der Waals surface area contributed by atoms with Gasteiger partial charge < -0.3 is 9.84 Å². The average molecular weight is 348 g/mol. The van der Waals surface area contributed by atoms with Crippen molar-refractivity contribution in [1.29, 1.82) is 0 Å². The number of carboxylic acid groups (broad SMARTS) is 1. The summed E-state index contributed by atoms with van der Waals surface area (Å²) in [6.07, 6.45) is 1.06. The fourth-order valence-corrected chi connectivity index (χ4v) is 2.87. The lowest BCUT2D eigenvalue weighted by atomic mass is 9.91. The summed E-state index contributed by atoms with van der Waals surface area (Å²) in [5, 5.41) is 9.42. The number of hydrogen-bond acceptors (Lipinski definition) is 5. The first-order chi connectivity index (χ1) is 11.2. The summed E-state index contributed by atoms with van der Waals surface area (Å²) in [6, 6.07) is 11.4. The molecule has 24 heavy (non-hydrogen) atoms. The van der Waals surface area contributed by atoms with Gasteiger partial charge in [0.15, 0.2) is 15.6 Å². The van der Waals surface area contributed by atoms with E-state index in [9.17, 15) is 23.1 Å². The second-order valence-electron chi connectivity index (χ2n) is 5.21. The van der Waals surface area contributed by atoms with E-state index in [2.05, 4.69) is 0 Å². The van der Waals surface area contributed by atoms with E-state index >= 15 is 0 Å². The number of ketones is 1. The highest BCUT2D eigenvalue weighted by Crippen LogP contribution is 2.24. The number of rotatable bonds is 6. The summed E-state index contributed by atoms with van der Waals surface area (Å²) in [7, 11) is -1.90. The van der Waals surface area contributed by atoms with Crippen LogP contribution in [-0.4, -0.2) is 38.6 Å². The van der Waals surface area contributed by atoms with Gasteiger partial charge in [0.05, 0.1) is 12.0 Å². The maximum atomic E-state index is 12.5. The fraction of sp³-hybridized carbons (Fsp3) is 0.176. The highest BCUT2D eigenvalue weighted by molar-refractivity contribution is 7.90. The predicted octanol–water partition coefficient (Wildman–Crippen LogP) is 2.15. The number of aliphatic carboxylic acids is 1. The number of carbonyl (C=O) groups excluding carboxylic acids is 1. The van der Waals surface area contributed by atoms with Crippen molar-refractivity contribution in [3.63, 3.8) is 0 Å². The highest BCUT2D eigenvalue weighted by atomic mass is 32.2. The Hall–Kier alpha value is -2.67. The van der Waals surface area contributed by atoms with Crippen LogP contribution in [0.4, 0.5) is 0 Å². The van der Waals surface area contributed by atoms with E-state index in [0.717, 1.165) is 6.26 Å². The molecule has 2 aromatic rings. The van der Waals surface area contributed by atoms with Gasteiger partial charge in [-0.15, -0.1) is 0 Å². The molecule has 0 aliphatic heterocycles. The van der Waals surface area contributed by atoms with E-state index in [1.807, 2.05) is 0 Å². The first-order valence-corrected chi connectivity index (χ1v) is 8.84. The van der Waals surface area contributed by atoms with Gasteiger partial charge in [0.2, 0.25) is 0 Å². The Bertz CT molecular complexity index is 851. The fourth-order valence-electron chi connectivity index (χ4n) is 2.24. The van der Waals surface area contributed by atoms with Crippen LogP contribution in [0.2, 0.25) is 0 Å². The minimum atomic E-state index is -3.38. The molecule has 0 amide bonds. The van der Waals surface area contributed by atoms with Crippen LogP contribution in [0, 0.1) is 0 Å². The van der Waals surface area contributed by atoms with Crippen molar-refractivity contribution in [2.45, 2.75) is 10.8 Å². The van der Waals surface area contributed by atoms with E-state index in [4.69, 9.17) is 4.74 Å². The van der Waals surface area contributed by atoms with Crippen LogP contribution in [0.1, 0.15) is 21.8 Å². The molecular weight excluding hydrogens is 332 g/mol. The van der Waals surface area contributed by atoms with Crippen molar-refractivity contribution < 1.29 is 27.9 Å². The van der Waals surface area contributed by atoms with E-state index in [1.54, 1.807) is 12.1 Å². The van der Waals surface area contributed by atoms with Crippen molar-refractivity contribution in [3.05, 3.63) is 59.7 Å². The maximum Gasteiger partial charge on any atom is 0.318 e. The van der Waals surface area contributed by atoms with Gasteiger partial charge in [-0.25, -0.2) is 8.42 Å². The van der Waals surface area contributed by atoms with Crippen molar-refractivity contribution in [1.82, 2.24) is 0 Å². The SMILES string of the molecule is COc1ccc(C(C(=O)O)C(=O)c2ccc(S(C)(=O)=O)cc2)cc1. The molecule has 0 radical (unpaired) electrons. The summed E-state index contributed by atoms with van der Waals surface area (Å²) < 4.78 is 27.9. The zero-order chi connectivity index (χ0) is 17.9. The lowest BCUT2D eigenvalue weighted by molar-refractivity contribution is -0.137. The zero-order valence-corrected chi connectivity index (χ0v) is 13.9. The molecule has 0 aromatic heterocycles. The van der Waals surface area contributed by atoms with Crippen LogP contribution >= 0.6 is 0 Å². The lowest BCUT2D eigenvalue weighted by Crippen LogP contribution is -2.22. The summed E-state index contributed by atoms with van der Waals surface area (Å²) in [5.74, 6) is -2.72. The molecule has 0 saturated carbocycles. The number of carboxylic acids is 1. The number of hydrogen-bond donors (Lipinski definition) is 1. The van der Waals surface area contributed by atoms with Crippen molar-refractivity contribution in [2.24, 2.45) is 0 Å². The Balaban J connectivity index is 2.37. The monoisotopic (exact) mass is 348 g/mol. The second kappa shape index (κ2) is 6.84. The Morgan fingerprint density at radius 3 is 1.96 bits per heavy atom. The number of sulfone groups is 1. The third kappa shape index (κ3) is 3.80. The number of ether oxygens (including phenoxy) is 1. The molecule has 0 heterocycles. The molecule has 6 nitrogen and oxygen atoms in total. The van der Waals surface area contributed by atoms with Crippen molar-refractivity contribution in [3.8, 4) is 5.75 Å². The van der Waals surface area contributed by atoms with Crippen LogP contribution in [0.15, 0.2) is 53.4 Å². The van der Waals surface area contributed by atoms with Crippen molar-refractivity contribution in [2.75, 3.05) is 13.4 Å². The molecule has 1 atom stereocenters. The number of carbonyl (C=O) groups is 2. The second-order valence-corrected chi connectivity index (χ2v) is 7.22. The third-order valence-electron chi connectivity index (χ3n) is 3.53. The maximum absolute atomic E-state index is 12.5. The van der Waals surface area contributed by atoms with Crippen LogP contribution in [0.5, 0.6) is 5.75 Å². The summed E-state index contributed by atoms with van der Waals surface area (Å²) in [5.41, 5.74) is 0.450. The van der Waals surface area contributed by atoms with Crippen LogP contribution in [0.25, 0.3) is 0 Å². The Kier molecular flexibility index (Phi) is 5.04. The molecule has 2 aromatic carbocycles. The molecule has 1 unspecified atom stereocenters. The molecule has 0 spiro atoms. The van der Waals surface area contributed by atoms with Gasteiger partial charge in [-0.3, -0.25) is 9.59 Å². The van der Waals surface area contributed by atoms with Gasteiger partial charge in [0.1, 0.15) is 11.7 Å². The third-order valence-corrected chi connectivity index (χ3v) is 4.65. The zero-order valence-electron chi connectivity index (χ0n) is 13.1. The molecule has 0 aliphatic rings. The molecule has 0 fully saturated rings. The Morgan fingerprint density at radius 2 is 1.54 bits per heavy atom. The van der Waals surface area contributed by atoms with Gasteiger partial charge in [0.25, 0.3) is 0 Å². The average Bonchev–Trinajstić information content (AvgIpc) is 2.54. The first kappa shape index (κ1) is 17.7.